The van der Waals surface area contributed by atoms with Crippen LogP contribution in [0.3, 0.4) is 0 Å². The van der Waals surface area contributed by atoms with Crippen molar-refractivity contribution in [2.75, 3.05) is 0 Å². The van der Waals surface area contributed by atoms with E-state index in [1.807, 2.05) is 39.8 Å². The van der Waals surface area contributed by atoms with Gasteiger partial charge in [0.15, 0.2) is 5.78 Å². The zero-order valence-corrected chi connectivity index (χ0v) is 10.2. The lowest BCUT2D eigenvalue weighted by Crippen LogP contribution is -2.20. The highest BCUT2D eigenvalue weighted by Gasteiger charge is 2.22. The zero-order chi connectivity index (χ0) is 12.3. The summed E-state index contributed by atoms with van der Waals surface area (Å²) in [6.45, 7) is 7.56. The number of rotatable bonds is 2. The second-order valence-corrected chi connectivity index (χ2v) is 5.05. The van der Waals surface area contributed by atoms with E-state index < -0.39 is 0 Å². The minimum Gasteiger partial charge on any atom is -0.294 e. The van der Waals surface area contributed by atoms with Crippen molar-refractivity contribution in [3.05, 3.63) is 35.4 Å². The Morgan fingerprint density at radius 3 is 2.12 bits per heavy atom. The predicted octanol–water partition coefficient (Wildman–Crippen LogP) is 3.54. The molecule has 0 fully saturated rings. The minimum absolute atomic E-state index is 0.126. The number of carbonyl (C=O) groups is 1. The van der Waals surface area contributed by atoms with Crippen LogP contribution in [0.15, 0.2) is 24.3 Å². The monoisotopic (exact) mass is 215 g/mol. The van der Waals surface area contributed by atoms with Crippen LogP contribution in [0.2, 0.25) is 0 Å². The average Bonchev–Trinajstić information content (AvgIpc) is 2.26. The zero-order valence-electron chi connectivity index (χ0n) is 10.2. The van der Waals surface area contributed by atoms with Gasteiger partial charge in [-0.05, 0) is 12.5 Å². The summed E-state index contributed by atoms with van der Waals surface area (Å²) in [7, 11) is 0. The maximum atomic E-state index is 12.0. The van der Waals surface area contributed by atoms with Crippen molar-refractivity contribution in [1.29, 1.82) is 5.26 Å². The molecule has 0 bridgehead atoms. The maximum absolute atomic E-state index is 12.0. The van der Waals surface area contributed by atoms with E-state index in [1.165, 1.54) is 0 Å². The predicted molar refractivity (Wildman–Crippen MR) is 64.3 cm³/mol. The van der Waals surface area contributed by atoms with Crippen molar-refractivity contribution in [2.24, 2.45) is 5.41 Å². The van der Waals surface area contributed by atoms with Crippen LogP contribution < -0.4 is 0 Å². The van der Waals surface area contributed by atoms with E-state index in [0.29, 0.717) is 5.56 Å². The first kappa shape index (κ1) is 12.4. The van der Waals surface area contributed by atoms with E-state index in [9.17, 15) is 4.79 Å². The van der Waals surface area contributed by atoms with Gasteiger partial charge in [-0.15, -0.1) is 0 Å². The van der Waals surface area contributed by atoms with Gasteiger partial charge in [-0.25, -0.2) is 0 Å². The lowest BCUT2D eigenvalue weighted by molar-refractivity contribution is 0.0858. The highest BCUT2D eigenvalue weighted by molar-refractivity contribution is 5.99. The molecular formula is C14H17NO. The number of ketones is 1. The van der Waals surface area contributed by atoms with Crippen molar-refractivity contribution in [1.82, 2.24) is 0 Å². The van der Waals surface area contributed by atoms with Crippen LogP contribution in [0, 0.1) is 16.7 Å². The Hall–Kier alpha value is -1.62. The smallest absolute Gasteiger partial charge is 0.168 e. The summed E-state index contributed by atoms with van der Waals surface area (Å²) in [5, 5.41) is 8.78. The Balaban J connectivity index is 2.97. The molecule has 0 spiro atoms. The van der Waals surface area contributed by atoms with Crippen LogP contribution in [0.25, 0.3) is 0 Å². The van der Waals surface area contributed by atoms with Crippen LogP contribution in [0.5, 0.6) is 0 Å². The van der Waals surface area contributed by atoms with Crippen molar-refractivity contribution < 1.29 is 4.79 Å². The standard InChI is InChI=1S/C14H17NO/c1-10(9-15)11-5-7-12(8-6-11)13(16)14(2,3)4/h5-8,10H,1-4H3. The molecule has 2 heteroatoms. The Morgan fingerprint density at radius 1 is 1.25 bits per heavy atom. The summed E-state index contributed by atoms with van der Waals surface area (Å²) in [5.41, 5.74) is 1.30. The Kier molecular flexibility index (Phi) is 3.49. The van der Waals surface area contributed by atoms with Gasteiger partial charge in [0.05, 0.1) is 12.0 Å². The molecule has 0 saturated carbocycles. The third-order valence-corrected chi connectivity index (χ3v) is 2.55. The van der Waals surface area contributed by atoms with Gasteiger partial charge in [0.2, 0.25) is 0 Å². The molecule has 0 aliphatic carbocycles. The second-order valence-electron chi connectivity index (χ2n) is 5.05. The number of Topliss-reactive ketones (excluding diaryl/α,β-unsaturated/α-hetero) is 1. The maximum Gasteiger partial charge on any atom is 0.168 e. The molecule has 0 amide bonds. The van der Waals surface area contributed by atoms with E-state index in [2.05, 4.69) is 6.07 Å². The molecule has 0 radical (unpaired) electrons. The number of nitriles is 1. The number of nitrogens with zero attached hydrogens (tertiary/aromatic N) is 1. The summed E-state index contributed by atoms with van der Waals surface area (Å²) in [6, 6.07) is 9.49. The molecule has 84 valence electrons. The Bertz CT molecular complexity index is 418. The van der Waals surface area contributed by atoms with Gasteiger partial charge in [0, 0.05) is 11.0 Å². The Labute approximate surface area is 96.9 Å². The topological polar surface area (TPSA) is 40.9 Å². The quantitative estimate of drug-likeness (QED) is 0.708. The molecule has 0 aromatic heterocycles. The third kappa shape index (κ3) is 2.70. The van der Waals surface area contributed by atoms with E-state index in [0.717, 1.165) is 5.56 Å². The van der Waals surface area contributed by atoms with Crippen LogP contribution in [0.1, 0.15) is 49.5 Å². The molecule has 0 aliphatic heterocycles. The molecule has 1 rings (SSSR count). The van der Waals surface area contributed by atoms with Gasteiger partial charge in [0.1, 0.15) is 0 Å². The summed E-state index contributed by atoms with van der Waals surface area (Å²) < 4.78 is 0. The highest BCUT2D eigenvalue weighted by Crippen LogP contribution is 2.22. The first-order valence-electron chi connectivity index (χ1n) is 5.40. The number of hydrogen-bond acceptors (Lipinski definition) is 2. The molecule has 0 saturated heterocycles. The SMILES string of the molecule is CC(C#N)c1ccc(C(=O)C(C)(C)C)cc1. The van der Waals surface area contributed by atoms with Gasteiger partial charge in [-0.3, -0.25) is 4.79 Å². The fourth-order valence-corrected chi connectivity index (χ4v) is 1.43. The molecule has 1 aromatic rings. The molecule has 0 aliphatic rings. The fourth-order valence-electron chi connectivity index (χ4n) is 1.43. The van der Waals surface area contributed by atoms with Gasteiger partial charge in [0.25, 0.3) is 0 Å². The van der Waals surface area contributed by atoms with Gasteiger partial charge in [-0.1, -0.05) is 45.0 Å². The summed E-state index contributed by atoms with van der Waals surface area (Å²) in [6.07, 6.45) is 0. The van der Waals surface area contributed by atoms with Crippen LogP contribution in [-0.2, 0) is 0 Å². The van der Waals surface area contributed by atoms with Gasteiger partial charge in [-0.2, -0.15) is 5.26 Å². The molecule has 16 heavy (non-hydrogen) atoms. The summed E-state index contributed by atoms with van der Waals surface area (Å²) in [5.74, 6) is 0.00227. The van der Waals surface area contributed by atoms with E-state index >= 15 is 0 Å². The lowest BCUT2D eigenvalue weighted by Gasteiger charge is -2.16. The van der Waals surface area contributed by atoms with Gasteiger partial charge < -0.3 is 0 Å². The first-order valence-corrected chi connectivity index (χ1v) is 5.40. The summed E-state index contributed by atoms with van der Waals surface area (Å²) in [4.78, 5) is 12.0. The van der Waals surface area contributed by atoms with E-state index in [1.54, 1.807) is 12.1 Å². The van der Waals surface area contributed by atoms with Crippen molar-refractivity contribution in [3.8, 4) is 6.07 Å². The minimum atomic E-state index is -0.359. The largest absolute Gasteiger partial charge is 0.294 e. The Morgan fingerprint density at radius 2 is 1.75 bits per heavy atom. The third-order valence-electron chi connectivity index (χ3n) is 2.55. The number of carbonyl (C=O) groups excluding carboxylic acids is 1. The van der Waals surface area contributed by atoms with E-state index in [4.69, 9.17) is 5.26 Å². The molecule has 0 N–H and O–H groups in total. The highest BCUT2D eigenvalue weighted by atomic mass is 16.1. The van der Waals surface area contributed by atoms with E-state index in [-0.39, 0.29) is 17.1 Å². The van der Waals surface area contributed by atoms with Gasteiger partial charge >= 0.3 is 0 Å². The average molecular weight is 215 g/mol. The van der Waals surface area contributed by atoms with Crippen LogP contribution in [0.4, 0.5) is 0 Å². The molecule has 1 aromatic carbocycles. The molecule has 0 heterocycles. The van der Waals surface area contributed by atoms with Crippen LogP contribution in [-0.4, -0.2) is 5.78 Å². The normalized spacial score (nSPS) is 12.9. The number of benzene rings is 1. The molecular weight excluding hydrogens is 198 g/mol. The van der Waals surface area contributed by atoms with Crippen molar-refractivity contribution in [3.63, 3.8) is 0 Å². The molecule has 1 unspecified atom stereocenters. The molecule has 2 nitrogen and oxygen atoms in total. The number of hydrogen-bond donors (Lipinski definition) is 0. The summed E-state index contributed by atoms with van der Waals surface area (Å²) >= 11 is 0. The van der Waals surface area contributed by atoms with Crippen molar-refractivity contribution >= 4 is 5.78 Å². The van der Waals surface area contributed by atoms with Crippen LogP contribution >= 0.6 is 0 Å². The first-order chi connectivity index (χ1) is 7.36. The molecule has 1 atom stereocenters. The van der Waals surface area contributed by atoms with Crippen molar-refractivity contribution in [2.45, 2.75) is 33.6 Å². The fraction of sp³-hybridized carbons (Fsp3) is 0.429. The second kappa shape index (κ2) is 4.49. The lowest BCUT2D eigenvalue weighted by atomic mass is 9.86.